The molecule has 0 fully saturated rings. The Bertz CT molecular complexity index is 607. The average Bonchev–Trinajstić information content (AvgIpc) is 2.25. The van der Waals surface area contributed by atoms with Gasteiger partial charge in [-0.25, -0.2) is 0 Å². The fourth-order valence-corrected chi connectivity index (χ4v) is 3.05. The minimum Gasteiger partial charge on any atom is -0.302 e. The van der Waals surface area contributed by atoms with Crippen LogP contribution >= 0.6 is 0 Å². The highest BCUT2D eigenvalue weighted by molar-refractivity contribution is 7.85. The molecular formula is C12H15NO4S. The Balaban J connectivity index is 2.69. The highest BCUT2D eigenvalue weighted by atomic mass is 32.2. The van der Waals surface area contributed by atoms with E-state index in [1.165, 1.54) is 13.0 Å². The molecule has 0 radical (unpaired) electrons. The van der Waals surface area contributed by atoms with E-state index in [-0.39, 0.29) is 10.7 Å². The smallest absolute Gasteiger partial charge is 0.294 e. The lowest BCUT2D eigenvalue weighted by atomic mass is 9.96. The lowest BCUT2D eigenvalue weighted by molar-refractivity contribution is 0.101. The van der Waals surface area contributed by atoms with Crippen LogP contribution in [0.4, 0.5) is 0 Å². The van der Waals surface area contributed by atoms with Crippen molar-refractivity contribution in [2.75, 3.05) is 13.6 Å². The minimum atomic E-state index is -4.29. The van der Waals surface area contributed by atoms with E-state index in [4.69, 9.17) is 0 Å². The van der Waals surface area contributed by atoms with Crippen molar-refractivity contribution in [3.63, 3.8) is 0 Å². The zero-order chi connectivity index (χ0) is 13.5. The van der Waals surface area contributed by atoms with Gasteiger partial charge in [-0.3, -0.25) is 9.35 Å². The largest absolute Gasteiger partial charge is 0.302 e. The van der Waals surface area contributed by atoms with Gasteiger partial charge in [0.15, 0.2) is 5.78 Å². The van der Waals surface area contributed by atoms with Crippen LogP contribution in [0.2, 0.25) is 0 Å². The Hall–Kier alpha value is -1.24. The molecule has 6 heteroatoms. The SMILES string of the molecule is CC(=O)c1cc2c(c(S(=O)(=O)O)c1)CCN(C)C2. The molecule has 1 N–H and O–H groups in total. The van der Waals surface area contributed by atoms with E-state index in [0.717, 1.165) is 12.1 Å². The van der Waals surface area contributed by atoms with E-state index in [2.05, 4.69) is 0 Å². The summed E-state index contributed by atoms with van der Waals surface area (Å²) in [5, 5.41) is 0. The summed E-state index contributed by atoms with van der Waals surface area (Å²) in [4.78, 5) is 13.3. The van der Waals surface area contributed by atoms with Crippen LogP contribution in [0.15, 0.2) is 17.0 Å². The molecule has 0 aromatic heterocycles. The fourth-order valence-electron chi connectivity index (χ4n) is 2.23. The number of likely N-dealkylation sites (N-methyl/N-ethyl adjacent to an activating group) is 1. The minimum absolute atomic E-state index is 0.127. The topological polar surface area (TPSA) is 74.7 Å². The molecule has 5 nitrogen and oxygen atoms in total. The number of nitrogens with zero attached hydrogens (tertiary/aromatic N) is 1. The molecule has 0 unspecified atom stereocenters. The molecule has 1 aromatic carbocycles. The van der Waals surface area contributed by atoms with Crippen molar-refractivity contribution >= 4 is 15.9 Å². The Morgan fingerprint density at radius 2 is 2.06 bits per heavy atom. The second-order valence-electron chi connectivity index (χ2n) is 4.63. The van der Waals surface area contributed by atoms with Crippen LogP contribution in [0.3, 0.4) is 0 Å². The van der Waals surface area contributed by atoms with Crippen molar-refractivity contribution in [1.29, 1.82) is 0 Å². The van der Waals surface area contributed by atoms with E-state index < -0.39 is 10.1 Å². The van der Waals surface area contributed by atoms with Crippen LogP contribution in [0.25, 0.3) is 0 Å². The molecule has 18 heavy (non-hydrogen) atoms. The molecule has 0 saturated heterocycles. The molecule has 1 aliphatic rings. The molecule has 0 saturated carbocycles. The van der Waals surface area contributed by atoms with Gasteiger partial charge in [0.1, 0.15) is 0 Å². The van der Waals surface area contributed by atoms with Gasteiger partial charge >= 0.3 is 0 Å². The Morgan fingerprint density at radius 1 is 1.39 bits per heavy atom. The molecule has 0 amide bonds. The molecule has 0 spiro atoms. The van der Waals surface area contributed by atoms with Crippen LogP contribution < -0.4 is 0 Å². The van der Waals surface area contributed by atoms with Crippen LogP contribution in [-0.2, 0) is 23.1 Å². The summed E-state index contributed by atoms with van der Waals surface area (Å²) in [7, 11) is -2.36. The van der Waals surface area contributed by atoms with Gasteiger partial charge in [0, 0.05) is 18.7 Å². The zero-order valence-electron chi connectivity index (χ0n) is 10.3. The van der Waals surface area contributed by atoms with Crippen LogP contribution in [0, 0.1) is 0 Å². The van der Waals surface area contributed by atoms with Gasteiger partial charge in [-0.15, -0.1) is 0 Å². The Morgan fingerprint density at radius 3 is 2.61 bits per heavy atom. The highest BCUT2D eigenvalue weighted by Gasteiger charge is 2.24. The third kappa shape index (κ3) is 2.45. The van der Waals surface area contributed by atoms with Gasteiger partial charge in [-0.05, 0) is 43.7 Å². The number of benzene rings is 1. The van der Waals surface area contributed by atoms with Crippen molar-refractivity contribution < 1.29 is 17.8 Å². The molecule has 98 valence electrons. The molecule has 1 aromatic rings. The maximum Gasteiger partial charge on any atom is 0.294 e. The van der Waals surface area contributed by atoms with E-state index >= 15 is 0 Å². The average molecular weight is 269 g/mol. The molecule has 0 atom stereocenters. The third-order valence-corrected chi connectivity index (χ3v) is 4.09. The molecule has 0 bridgehead atoms. The van der Waals surface area contributed by atoms with Crippen LogP contribution in [0.1, 0.15) is 28.4 Å². The molecule has 1 aliphatic heterocycles. The zero-order valence-corrected chi connectivity index (χ0v) is 11.1. The second-order valence-corrected chi connectivity index (χ2v) is 6.02. The Labute approximate surface area is 106 Å². The fraction of sp³-hybridized carbons (Fsp3) is 0.417. The van der Waals surface area contributed by atoms with Crippen molar-refractivity contribution in [3.05, 3.63) is 28.8 Å². The first-order valence-electron chi connectivity index (χ1n) is 5.62. The summed E-state index contributed by atoms with van der Waals surface area (Å²) in [6.45, 7) is 2.69. The van der Waals surface area contributed by atoms with Crippen molar-refractivity contribution in [2.24, 2.45) is 0 Å². The molecule has 0 aliphatic carbocycles. The summed E-state index contributed by atoms with van der Waals surface area (Å²) in [5.41, 5.74) is 1.74. The quantitative estimate of drug-likeness (QED) is 0.643. The summed E-state index contributed by atoms with van der Waals surface area (Å²) in [6, 6.07) is 2.98. The van der Waals surface area contributed by atoms with Gasteiger partial charge in [0.2, 0.25) is 0 Å². The number of Topliss-reactive ketones (excluding diaryl/α,β-unsaturated/α-hetero) is 1. The van der Waals surface area contributed by atoms with Gasteiger partial charge < -0.3 is 4.90 Å². The van der Waals surface area contributed by atoms with E-state index in [0.29, 0.717) is 24.1 Å². The molecule has 2 rings (SSSR count). The monoisotopic (exact) mass is 269 g/mol. The summed E-state index contributed by atoms with van der Waals surface area (Å²) >= 11 is 0. The van der Waals surface area contributed by atoms with Crippen LogP contribution in [-0.4, -0.2) is 37.2 Å². The number of carbonyl (C=O) groups is 1. The van der Waals surface area contributed by atoms with Crippen LogP contribution in [0.5, 0.6) is 0 Å². The van der Waals surface area contributed by atoms with E-state index in [1.54, 1.807) is 6.07 Å². The molecular weight excluding hydrogens is 254 g/mol. The predicted molar refractivity (Wildman–Crippen MR) is 66.3 cm³/mol. The van der Waals surface area contributed by atoms with E-state index in [9.17, 15) is 17.8 Å². The second kappa shape index (κ2) is 4.46. The van der Waals surface area contributed by atoms with Crippen molar-refractivity contribution in [1.82, 2.24) is 4.90 Å². The predicted octanol–water partition coefficient (Wildman–Crippen LogP) is 1.12. The summed E-state index contributed by atoms with van der Waals surface area (Å²) in [5.74, 6) is -0.212. The highest BCUT2D eigenvalue weighted by Crippen LogP contribution is 2.27. The number of hydrogen-bond acceptors (Lipinski definition) is 4. The first-order valence-corrected chi connectivity index (χ1v) is 7.06. The number of rotatable bonds is 2. The maximum atomic E-state index is 11.4. The lowest BCUT2D eigenvalue weighted by Gasteiger charge is -2.26. The summed E-state index contributed by atoms with van der Waals surface area (Å²) < 4.78 is 32.0. The Kier molecular flexibility index (Phi) is 3.27. The number of carbonyl (C=O) groups excluding carboxylic acids is 1. The first-order chi connectivity index (χ1) is 8.29. The van der Waals surface area contributed by atoms with E-state index in [1.807, 2.05) is 11.9 Å². The number of hydrogen-bond donors (Lipinski definition) is 1. The van der Waals surface area contributed by atoms with Crippen molar-refractivity contribution in [3.8, 4) is 0 Å². The number of ketones is 1. The summed E-state index contributed by atoms with van der Waals surface area (Å²) in [6.07, 6.45) is 0.555. The van der Waals surface area contributed by atoms with Gasteiger partial charge in [0.05, 0.1) is 4.90 Å². The van der Waals surface area contributed by atoms with Gasteiger partial charge in [-0.1, -0.05) is 0 Å². The first kappa shape index (κ1) is 13.2. The number of fused-ring (bicyclic) bond motifs is 1. The van der Waals surface area contributed by atoms with Crippen molar-refractivity contribution in [2.45, 2.75) is 24.8 Å². The maximum absolute atomic E-state index is 11.4. The third-order valence-electron chi connectivity index (χ3n) is 3.17. The standard InChI is InChI=1S/C12H15NO4S/c1-8(14)9-5-10-7-13(2)4-3-11(10)12(6-9)18(15,16)17/h5-6H,3-4,7H2,1-2H3,(H,15,16,17). The van der Waals surface area contributed by atoms with Gasteiger partial charge in [-0.2, -0.15) is 8.42 Å². The molecule has 1 heterocycles. The van der Waals surface area contributed by atoms with Gasteiger partial charge in [0.25, 0.3) is 10.1 Å². The normalized spacial score (nSPS) is 16.4. The lowest BCUT2D eigenvalue weighted by Crippen LogP contribution is -2.28.